The van der Waals surface area contributed by atoms with Crippen LogP contribution in [0.5, 0.6) is 0 Å². The zero-order valence-corrected chi connectivity index (χ0v) is 9.64. The first-order chi connectivity index (χ1) is 8.19. The van der Waals surface area contributed by atoms with Crippen molar-refractivity contribution in [2.75, 3.05) is 5.73 Å². The molecule has 4 heteroatoms. The fourth-order valence-electron chi connectivity index (χ4n) is 1.77. The van der Waals surface area contributed by atoms with E-state index in [-0.39, 0.29) is 0 Å². The highest BCUT2D eigenvalue weighted by Gasteiger charge is 2.10. The molecule has 1 heterocycles. The Balaban J connectivity index is 2.87. The van der Waals surface area contributed by atoms with Gasteiger partial charge in [0.15, 0.2) is 0 Å². The number of benzene rings is 1. The first-order valence-corrected chi connectivity index (χ1v) is 5.25. The molecule has 0 amide bonds. The summed E-state index contributed by atoms with van der Waals surface area (Å²) in [7, 11) is 0. The molecule has 0 bridgehead atoms. The van der Waals surface area contributed by atoms with Crippen LogP contribution in [0.2, 0.25) is 0 Å². The molecule has 86 valence electrons. The van der Waals surface area contributed by atoms with Crippen LogP contribution in [0, 0.1) is 0 Å². The summed E-state index contributed by atoms with van der Waals surface area (Å²) in [6.45, 7) is 5.45. The SMILES string of the molecule is C=Nc1c(/C(N)=C\C)ccc2c(N)ccnc12. The minimum atomic E-state index is 0.651. The number of nitrogens with two attached hydrogens (primary N) is 2. The third kappa shape index (κ3) is 1.73. The number of anilines is 1. The minimum absolute atomic E-state index is 0.651. The number of hydrogen-bond acceptors (Lipinski definition) is 4. The van der Waals surface area contributed by atoms with E-state index in [9.17, 15) is 0 Å². The van der Waals surface area contributed by atoms with Gasteiger partial charge in [0.05, 0.1) is 11.2 Å². The average molecular weight is 226 g/mol. The Morgan fingerprint density at radius 2 is 2.18 bits per heavy atom. The summed E-state index contributed by atoms with van der Waals surface area (Å²) in [5, 5.41) is 0.863. The normalized spacial score (nSPS) is 11.7. The van der Waals surface area contributed by atoms with Crippen molar-refractivity contribution in [3.8, 4) is 0 Å². The van der Waals surface area contributed by atoms with Gasteiger partial charge in [-0.15, -0.1) is 0 Å². The zero-order valence-electron chi connectivity index (χ0n) is 9.64. The molecule has 0 aliphatic heterocycles. The Bertz CT molecular complexity index is 614. The smallest absolute Gasteiger partial charge is 0.0985 e. The van der Waals surface area contributed by atoms with Crippen molar-refractivity contribution in [1.29, 1.82) is 0 Å². The quantitative estimate of drug-likeness (QED) is 0.772. The van der Waals surface area contributed by atoms with Gasteiger partial charge < -0.3 is 11.5 Å². The Morgan fingerprint density at radius 3 is 2.82 bits per heavy atom. The van der Waals surface area contributed by atoms with Crippen molar-refractivity contribution in [3.63, 3.8) is 0 Å². The molecule has 0 fully saturated rings. The maximum Gasteiger partial charge on any atom is 0.0985 e. The van der Waals surface area contributed by atoms with E-state index < -0.39 is 0 Å². The number of rotatable bonds is 2. The molecular weight excluding hydrogens is 212 g/mol. The van der Waals surface area contributed by atoms with Crippen molar-refractivity contribution >= 4 is 34.7 Å². The number of aliphatic imine (C=N–C) groups is 1. The third-order valence-corrected chi connectivity index (χ3v) is 2.70. The highest BCUT2D eigenvalue weighted by molar-refractivity contribution is 6.01. The fraction of sp³-hybridized carbons (Fsp3) is 0.0769. The Morgan fingerprint density at radius 1 is 1.41 bits per heavy atom. The second kappa shape index (κ2) is 4.25. The largest absolute Gasteiger partial charge is 0.398 e. The van der Waals surface area contributed by atoms with Crippen molar-refractivity contribution in [1.82, 2.24) is 4.98 Å². The Labute approximate surface area is 99.7 Å². The van der Waals surface area contributed by atoms with E-state index in [2.05, 4.69) is 16.7 Å². The number of hydrogen-bond donors (Lipinski definition) is 2. The molecule has 1 aromatic carbocycles. The summed E-state index contributed by atoms with van der Waals surface area (Å²) in [6.07, 6.45) is 3.48. The summed E-state index contributed by atoms with van der Waals surface area (Å²) in [6, 6.07) is 5.55. The van der Waals surface area contributed by atoms with Gasteiger partial charge in [-0.3, -0.25) is 9.98 Å². The second-order valence-electron chi connectivity index (χ2n) is 3.66. The van der Waals surface area contributed by atoms with Gasteiger partial charge in [-0.2, -0.15) is 0 Å². The molecule has 2 aromatic rings. The van der Waals surface area contributed by atoms with Crippen LogP contribution in [-0.4, -0.2) is 11.7 Å². The van der Waals surface area contributed by atoms with Gasteiger partial charge in [-0.25, -0.2) is 0 Å². The van der Waals surface area contributed by atoms with Crippen molar-refractivity contribution in [2.45, 2.75) is 6.92 Å². The lowest BCUT2D eigenvalue weighted by Gasteiger charge is -2.09. The fourth-order valence-corrected chi connectivity index (χ4v) is 1.77. The van der Waals surface area contributed by atoms with Gasteiger partial charge in [0.2, 0.25) is 0 Å². The number of allylic oxidation sites excluding steroid dienone is 1. The van der Waals surface area contributed by atoms with Crippen LogP contribution in [-0.2, 0) is 0 Å². The number of nitrogens with zero attached hydrogens (tertiary/aromatic N) is 2. The van der Waals surface area contributed by atoms with E-state index in [1.165, 1.54) is 0 Å². The van der Waals surface area contributed by atoms with Gasteiger partial charge in [0.25, 0.3) is 0 Å². The van der Waals surface area contributed by atoms with Crippen LogP contribution in [0.4, 0.5) is 11.4 Å². The second-order valence-corrected chi connectivity index (χ2v) is 3.66. The number of fused-ring (bicyclic) bond motifs is 1. The maximum absolute atomic E-state index is 5.91. The maximum atomic E-state index is 5.91. The predicted octanol–water partition coefficient (Wildman–Crippen LogP) is 2.47. The standard InChI is InChI=1S/C13H14N4/c1-3-10(14)8-4-5-9-11(15)6-7-17-13(9)12(8)16-2/h3-7H,2,14H2,1H3,(H2,15,17)/b10-3+. The Hall–Kier alpha value is -2.36. The van der Waals surface area contributed by atoms with E-state index in [4.69, 9.17) is 11.5 Å². The van der Waals surface area contributed by atoms with Crippen LogP contribution in [0.3, 0.4) is 0 Å². The zero-order chi connectivity index (χ0) is 12.4. The van der Waals surface area contributed by atoms with E-state index in [0.717, 1.165) is 16.5 Å². The van der Waals surface area contributed by atoms with E-state index >= 15 is 0 Å². The molecule has 0 aliphatic carbocycles. The van der Waals surface area contributed by atoms with Gasteiger partial charge in [0, 0.05) is 28.5 Å². The summed E-state index contributed by atoms with van der Waals surface area (Å²) in [4.78, 5) is 8.31. The van der Waals surface area contributed by atoms with Crippen LogP contribution in [0.25, 0.3) is 16.6 Å². The molecule has 4 N–H and O–H groups in total. The first kappa shape index (κ1) is 11.1. The van der Waals surface area contributed by atoms with Crippen LogP contribution >= 0.6 is 0 Å². The third-order valence-electron chi connectivity index (χ3n) is 2.70. The van der Waals surface area contributed by atoms with Crippen molar-refractivity contribution in [2.24, 2.45) is 10.7 Å². The topological polar surface area (TPSA) is 77.3 Å². The summed E-state index contributed by atoms with van der Waals surface area (Å²) >= 11 is 0. The average Bonchev–Trinajstić information content (AvgIpc) is 2.37. The molecule has 0 atom stereocenters. The molecular formula is C13H14N4. The molecule has 4 nitrogen and oxygen atoms in total. The number of nitrogen functional groups attached to an aromatic ring is 1. The summed E-state index contributed by atoms with van der Waals surface area (Å²) in [5.74, 6) is 0. The summed E-state index contributed by atoms with van der Waals surface area (Å²) < 4.78 is 0. The molecule has 0 saturated heterocycles. The number of aromatic nitrogens is 1. The highest BCUT2D eigenvalue weighted by atomic mass is 14.8. The van der Waals surface area contributed by atoms with Gasteiger partial charge in [-0.05, 0) is 31.8 Å². The predicted molar refractivity (Wildman–Crippen MR) is 73.2 cm³/mol. The molecule has 0 radical (unpaired) electrons. The van der Waals surface area contributed by atoms with Crippen LogP contribution in [0.1, 0.15) is 12.5 Å². The molecule has 17 heavy (non-hydrogen) atoms. The van der Waals surface area contributed by atoms with Gasteiger partial charge in [0.1, 0.15) is 0 Å². The lowest BCUT2D eigenvalue weighted by Crippen LogP contribution is -1.98. The van der Waals surface area contributed by atoms with Gasteiger partial charge >= 0.3 is 0 Å². The van der Waals surface area contributed by atoms with Crippen molar-refractivity contribution in [3.05, 3.63) is 36.0 Å². The first-order valence-electron chi connectivity index (χ1n) is 5.25. The molecule has 0 unspecified atom stereocenters. The lowest BCUT2D eigenvalue weighted by atomic mass is 10.0. The van der Waals surface area contributed by atoms with Crippen molar-refractivity contribution < 1.29 is 0 Å². The summed E-state index contributed by atoms with van der Waals surface area (Å²) in [5.41, 5.74) is 15.4. The van der Waals surface area contributed by atoms with Crippen LogP contribution < -0.4 is 11.5 Å². The Kier molecular flexibility index (Phi) is 2.78. The highest BCUT2D eigenvalue weighted by Crippen LogP contribution is 2.33. The van der Waals surface area contributed by atoms with Gasteiger partial charge in [-0.1, -0.05) is 6.08 Å². The molecule has 0 aliphatic rings. The molecule has 2 rings (SSSR count). The van der Waals surface area contributed by atoms with E-state index in [0.29, 0.717) is 17.1 Å². The lowest BCUT2D eigenvalue weighted by molar-refractivity contribution is 1.38. The number of pyridine rings is 1. The van der Waals surface area contributed by atoms with Crippen LogP contribution in [0.15, 0.2) is 35.5 Å². The van der Waals surface area contributed by atoms with E-state index in [1.54, 1.807) is 12.3 Å². The molecule has 1 aromatic heterocycles. The molecule has 0 spiro atoms. The molecule has 0 saturated carbocycles. The minimum Gasteiger partial charge on any atom is -0.398 e. The monoisotopic (exact) mass is 226 g/mol. The van der Waals surface area contributed by atoms with E-state index in [1.807, 2.05) is 25.1 Å².